The number of rotatable bonds is 8. The second-order valence-corrected chi connectivity index (χ2v) is 9.12. The molecule has 3 N–H and O–H groups in total. The summed E-state index contributed by atoms with van der Waals surface area (Å²) in [6.45, 7) is 4.33. The molecule has 8 heteroatoms. The molecule has 2 aromatic rings. The van der Waals surface area contributed by atoms with Crippen LogP contribution < -0.4 is 10.6 Å². The predicted octanol–water partition coefficient (Wildman–Crippen LogP) is 3.16. The summed E-state index contributed by atoms with van der Waals surface area (Å²) in [6.07, 6.45) is -1.03. The second kappa shape index (κ2) is 10.3. The number of carbonyl (C=O) groups is 3. The van der Waals surface area contributed by atoms with Gasteiger partial charge in [0.2, 0.25) is 5.91 Å². The fourth-order valence-corrected chi connectivity index (χ4v) is 4.76. The largest absolute Gasteiger partial charge is 0.479 e. The maximum absolute atomic E-state index is 12.8. The van der Waals surface area contributed by atoms with E-state index >= 15 is 0 Å². The van der Waals surface area contributed by atoms with Gasteiger partial charge in [-0.2, -0.15) is 0 Å². The van der Waals surface area contributed by atoms with Crippen molar-refractivity contribution in [2.45, 2.75) is 38.3 Å². The first-order valence-corrected chi connectivity index (χ1v) is 11.6. The van der Waals surface area contributed by atoms with E-state index < -0.39 is 24.2 Å². The molecule has 34 heavy (non-hydrogen) atoms. The normalized spacial score (nSPS) is 19.9. The summed E-state index contributed by atoms with van der Waals surface area (Å²) in [5.74, 6) is -1.97. The summed E-state index contributed by atoms with van der Waals surface area (Å²) in [5.41, 5.74) is 4.51. The Balaban J connectivity index is 1.35. The molecule has 2 aliphatic rings. The van der Waals surface area contributed by atoms with E-state index in [4.69, 9.17) is 9.47 Å². The van der Waals surface area contributed by atoms with Crippen molar-refractivity contribution in [1.82, 2.24) is 10.6 Å². The smallest absolute Gasteiger partial charge is 0.407 e. The number of amides is 2. The third-order valence-electron chi connectivity index (χ3n) is 6.56. The van der Waals surface area contributed by atoms with Gasteiger partial charge in [0.1, 0.15) is 12.6 Å². The maximum atomic E-state index is 12.8. The van der Waals surface area contributed by atoms with Crippen LogP contribution in [0.1, 0.15) is 37.3 Å². The van der Waals surface area contributed by atoms with E-state index in [1.807, 2.05) is 50.2 Å². The molecule has 3 atom stereocenters. The Morgan fingerprint density at radius 2 is 1.68 bits per heavy atom. The predicted molar refractivity (Wildman–Crippen MR) is 125 cm³/mol. The molecule has 180 valence electrons. The fraction of sp³-hybridized carbons (Fsp3) is 0.423. The number of carboxylic acids is 1. The lowest BCUT2D eigenvalue weighted by atomic mass is 9.98. The van der Waals surface area contributed by atoms with Crippen molar-refractivity contribution in [1.29, 1.82) is 0 Å². The third-order valence-corrected chi connectivity index (χ3v) is 6.56. The summed E-state index contributed by atoms with van der Waals surface area (Å²) in [7, 11) is 0. The number of carboxylic acid groups (broad SMARTS) is 1. The van der Waals surface area contributed by atoms with Gasteiger partial charge in [-0.25, -0.2) is 9.59 Å². The van der Waals surface area contributed by atoms with Crippen molar-refractivity contribution in [3.63, 3.8) is 0 Å². The van der Waals surface area contributed by atoms with Crippen LogP contribution in [0.15, 0.2) is 48.5 Å². The lowest BCUT2D eigenvalue weighted by molar-refractivity contribution is -0.149. The fourth-order valence-electron chi connectivity index (χ4n) is 4.76. The zero-order chi connectivity index (χ0) is 24.2. The van der Waals surface area contributed by atoms with Crippen LogP contribution in [0.4, 0.5) is 4.79 Å². The average Bonchev–Trinajstić information content (AvgIpc) is 3.42. The SMILES string of the molecule is CC(C)[C@@H](NC(=O)OCC1c2ccccc2-c2ccccc21)C(=O)NCC1CCOC1C(=O)O. The molecular weight excluding hydrogens is 436 g/mol. The molecule has 0 saturated carbocycles. The number of hydrogen-bond donors (Lipinski definition) is 3. The van der Waals surface area contributed by atoms with Crippen molar-refractivity contribution in [2.24, 2.45) is 11.8 Å². The van der Waals surface area contributed by atoms with Crippen LogP contribution in [-0.2, 0) is 19.1 Å². The molecule has 0 radical (unpaired) electrons. The number of benzene rings is 2. The standard InChI is InChI=1S/C26H30N2O6/c1-15(2)22(24(29)27-13-16-11-12-33-23(16)25(30)31)28-26(32)34-14-21-19-9-5-3-7-17(19)18-8-4-6-10-20(18)21/h3-10,15-16,21-23H,11-14H2,1-2H3,(H,27,29)(H,28,32)(H,30,31)/t16?,22-,23?/m1/s1. The van der Waals surface area contributed by atoms with Gasteiger partial charge in [0.15, 0.2) is 6.10 Å². The van der Waals surface area contributed by atoms with Gasteiger partial charge >= 0.3 is 12.1 Å². The minimum Gasteiger partial charge on any atom is -0.479 e. The van der Waals surface area contributed by atoms with Gasteiger partial charge in [-0.05, 0) is 34.6 Å². The highest BCUT2D eigenvalue weighted by atomic mass is 16.5. The third kappa shape index (κ3) is 4.92. The van der Waals surface area contributed by atoms with Gasteiger partial charge in [-0.15, -0.1) is 0 Å². The summed E-state index contributed by atoms with van der Waals surface area (Å²) in [5, 5.41) is 14.7. The summed E-state index contributed by atoms with van der Waals surface area (Å²) < 4.78 is 10.8. The number of fused-ring (bicyclic) bond motifs is 3. The molecule has 2 amide bonds. The van der Waals surface area contributed by atoms with Crippen molar-refractivity contribution in [3.8, 4) is 11.1 Å². The highest BCUT2D eigenvalue weighted by Gasteiger charge is 2.35. The topological polar surface area (TPSA) is 114 Å². The molecule has 2 unspecified atom stereocenters. The van der Waals surface area contributed by atoms with E-state index in [1.165, 1.54) is 0 Å². The Hall–Kier alpha value is -3.39. The van der Waals surface area contributed by atoms with Crippen molar-refractivity contribution in [2.75, 3.05) is 19.8 Å². The van der Waals surface area contributed by atoms with Crippen LogP contribution in [-0.4, -0.2) is 55.0 Å². The molecule has 1 aliphatic heterocycles. The summed E-state index contributed by atoms with van der Waals surface area (Å²) in [6, 6.07) is 15.4. The first-order chi connectivity index (χ1) is 16.4. The molecule has 1 heterocycles. The lowest BCUT2D eigenvalue weighted by Crippen LogP contribution is -2.51. The molecule has 1 aliphatic carbocycles. The number of hydrogen-bond acceptors (Lipinski definition) is 5. The van der Waals surface area contributed by atoms with Crippen molar-refractivity contribution < 1.29 is 29.0 Å². The number of carbonyl (C=O) groups excluding carboxylic acids is 2. The number of ether oxygens (including phenoxy) is 2. The number of alkyl carbamates (subject to hydrolysis) is 1. The van der Waals surface area contributed by atoms with Gasteiger partial charge < -0.3 is 25.2 Å². The molecule has 4 rings (SSSR count). The van der Waals surface area contributed by atoms with Gasteiger partial charge in [0, 0.05) is 25.0 Å². The van der Waals surface area contributed by atoms with Crippen LogP contribution in [0.3, 0.4) is 0 Å². The number of aliphatic carboxylic acids is 1. The minimum absolute atomic E-state index is 0.0696. The molecular formula is C26H30N2O6. The van der Waals surface area contributed by atoms with E-state index in [1.54, 1.807) is 0 Å². The summed E-state index contributed by atoms with van der Waals surface area (Å²) >= 11 is 0. The maximum Gasteiger partial charge on any atom is 0.407 e. The van der Waals surface area contributed by atoms with Crippen LogP contribution in [0.5, 0.6) is 0 Å². The molecule has 0 bridgehead atoms. The Morgan fingerprint density at radius 3 is 2.26 bits per heavy atom. The van der Waals surface area contributed by atoms with Crippen molar-refractivity contribution >= 4 is 18.0 Å². The molecule has 8 nitrogen and oxygen atoms in total. The van der Waals surface area contributed by atoms with E-state index in [2.05, 4.69) is 22.8 Å². The van der Waals surface area contributed by atoms with Crippen LogP contribution >= 0.6 is 0 Å². The van der Waals surface area contributed by atoms with Crippen LogP contribution in [0, 0.1) is 11.8 Å². The van der Waals surface area contributed by atoms with Crippen LogP contribution in [0.25, 0.3) is 11.1 Å². The second-order valence-electron chi connectivity index (χ2n) is 9.12. The Labute approximate surface area is 198 Å². The average molecular weight is 467 g/mol. The van der Waals surface area contributed by atoms with Gasteiger partial charge in [-0.3, -0.25) is 4.79 Å². The molecule has 1 fully saturated rings. The number of nitrogens with one attached hydrogen (secondary N) is 2. The Kier molecular flexibility index (Phi) is 7.17. The van der Waals surface area contributed by atoms with E-state index in [0.29, 0.717) is 13.0 Å². The first kappa shape index (κ1) is 23.8. The quantitative estimate of drug-likeness (QED) is 0.551. The minimum atomic E-state index is -1.03. The van der Waals surface area contributed by atoms with Gasteiger partial charge in [0.25, 0.3) is 0 Å². The lowest BCUT2D eigenvalue weighted by Gasteiger charge is -2.23. The Bertz CT molecular complexity index is 1020. The molecule has 0 spiro atoms. The zero-order valence-electron chi connectivity index (χ0n) is 19.3. The van der Waals surface area contributed by atoms with E-state index in [-0.39, 0.29) is 36.8 Å². The monoisotopic (exact) mass is 466 g/mol. The van der Waals surface area contributed by atoms with E-state index in [0.717, 1.165) is 22.3 Å². The zero-order valence-corrected chi connectivity index (χ0v) is 19.3. The summed E-state index contributed by atoms with van der Waals surface area (Å²) in [4.78, 5) is 36.7. The van der Waals surface area contributed by atoms with Crippen LogP contribution in [0.2, 0.25) is 0 Å². The first-order valence-electron chi connectivity index (χ1n) is 11.6. The van der Waals surface area contributed by atoms with Crippen molar-refractivity contribution in [3.05, 3.63) is 59.7 Å². The van der Waals surface area contributed by atoms with Gasteiger partial charge in [0.05, 0.1) is 0 Å². The molecule has 1 saturated heterocycles. The highest BCUT2D eigenvalue weighted by molar-refractivity contribution is 5.86. The van der Waals surface area contributed by atoms with Gasteiger partial charge in [-0.1, -0.05) is 62.4 Å². The highest BCUT2D eigenvalue weighted by Crippen LogP contribution is 2.44. The molecule has 0 aromatic heterocycles. The molecule has 2 aromatic carbocycles. The van der Waals surface area contributed by atoms with E-state index in [9.17, 15) is 19.5 Å². The Morgan fingerprint density at radius 1 is 1.06 bits per heavy atom.